The highest BCUT2D eigenvalue weighted by atomic mass is 15.2. The Kier molecular flexibility index (Phi) is 12.3. The van der Waals surface area contributed by atoms with E-state index in [2.05, 4.69) is 142 Å². The summed E-state index contributed by atoms with van der Waals surface area (Å²) in [7, 11) is 0. The van der Waals surface area contributed by atoms with Crippen LogP contribution < -0.4 is 26.2 Å². The molecule has 0 aliphatic carbocycles. The molecule has 0 amide bonds. The third-order valence-electron chi connectivity index (χ3n) is 11.9. The number of fused-ring (bicyclic) bond motifs is 4. The molecule has 0 spiro atoms. The Morgan fingerprint density at radius 2 is 0.870 bits per heavy atom. The third-order valence-corrected chi connectivity index (χ3v) is 11.9. The molecule has 0 atom stereocenters. The second-order valence-corrected chi connectivity index (χ2v) is 16.3. The Morgan fingerprint density at radius 1 is 0.389 bits per heavy atom. The molecule has 0 fully saturated rings. The van der Waals surface area contributed by atoms with E-state index in [1.165, 1.54) is 148 Å². The minimum Gasteiger partial charge on any atom is -0.311 e. The topological polar surface area (TPSA) is 6.48 Å². The molecular formula is C51H63BN2. The first-order chi connectivity index (χ1) is 26.5. The van der Waals surface area contributed by atoms with E-state index in [0.29, 0.717) is 0 Å². The van der Waals surface area contributed by atoms with E-state index in [-0.39, 0.29) is 6.71 Å². The lowest BCUT2D eigenvalue weighted by Gasteiger charge is -2.44. The Bertz CT molecular complexity index is 2020. The highest BCUT2D eigenvalue weighted by Crippen LogP contribution is 2.45. The summed E-state index contributed by atoms with van der Waals surface area (Å²) in [6.07, 6.45) is 17.8. The number of aryl methyl sites for hydroxylation is 6. The van der Waals surface area contributed by atoms with Gasteiger partial charge in [0.25, 0.3) is 6.71 Å². The van der Waals surface area contributed by atoms with Gasteiger partial charge in [-0.2, -0.15) is 0 Å². The minimum absolute atomic E-state index is 0.168. The Hall–Kier alpha value is -4.24. The monoisotopic (exact) mass is 715 g/mol. The predicted molar refractivity (Wildman–Crippen MR) is 238 cm³/mol. The van der Waals surface area contributed by atoms with E-state index in [9.17, 15) is 0 Å². The van der Waals surface area contributed by atoms with Gasteiger partial charge >= 0.3 is 0 Å². The van der Waals surface area contributed by atoms with Gasteiger partial charge in [-0.25, -0.2) is 0 Å². The van der Waals surface area contributed by atoms with E-state index in [1.807, 2.05) is 0 Å². The average Bonchev–Trinajstić information content (AvgIpc) is 3.19. The Morgan fingerprint density at radius 3 is 1.44 bits per heavy atom. The van der Waals surface area contributed by atoms with Gasteiger partial charge in [-0.1, -0.05) is 109 Å². The fraction of sp³-hybridized carbons (Fsp3) is 0.412. The third kappa shape index (κ3) is 7.79. The SMILES string of the molecule is CCCCc1ccc(N2c3ccc(CCCC)cc3B3c4ccc(CCCC)cc4N(c4cc(CCCC)cc(CCCC)c4)c4cc(C)cc2c43)cc1. The lowest BCUT2D eigenvalue weighted by molar-refractivity contribution is 0.780. The summed E-state index contributed by atoms with van der Waals surface area (Å²) in [5.41, 5.74) is 20.8. The minimum atomic E-state index is 0.168. The number of unbranched alkanes of at least 4 members (excludes halogenated alkanes) is 5. The lowest BCUT2D eigenvalue weighted by Crippen LogP contribution is -2.61. The number of anilines is 6. The van der Waals surface area contributed by atoms with Crippen molar-refractivity contribution in [3.63, 3.8) is 0 Å². The first kappa shape index (κ1) is 38.1. The standard InChI is InChI=1S/C51H63BN2/c1-7-12-17-38-22-26-43(27-23-38)53-47-29-25-39(18-13-8-2)35-46(47)52-45-28-24-40(19-14-9-3)36-48(45)54(50-31-37(6)30-49(53)51(50)52)44-33-41(20-15-10-4)32-42(34-44)21-16-11-5/h22-36H,7-21H2,1-6H3. The summed E-state index contributed by atoms with van der Waals surface area (Å²) in [5.74, 6) is 0. The van der Waals surface area contributed by atoms with Gasteiger partial charge in [-0.05, 0) is 169 Å². The molecular weight excluding hydrogens is 651 g/mol. The number of hydrogen-bond acceptors (Lipinski definition) is 2. The van der Waals surface area contributed by atoms with Gasteiger partial charge in [-0.3, -0.25) is 0 Å². The molecule has 0 bridgehead atoms. The van der Waals surface area contributed by atoms with Crippen LogP contribution in [0.1, 0.15) is 132 Å². The molecule has 5 aromatic carbocycles. The molecule has 0 aromatic heterocycles. The second kappa shape index (κ2) is 17.5. The highest BCUT2D eigenvalue weighted by molar-refractivity contribution is 7.00. The van der Waals surface area contributed by atoms with Crippen LogP contribution in [0.2, 0.25) is 0 Å². The molecule has 0 N–H and O–H groups in total. The summed E-state index contributed by atoms with van der Waals surface area (Å²) in [5, 5.41) is 0. The van der Waals surface area contributed by atoms with Gasteiger partial charge < -0.3 is 9.80 Å². The highest BCUT2D eigenvalue weighted by Gasteiger charge is 2.43. The summed E-state index contributed by atoms with van der Waals surface area (Å²) >= 11 is 0. The molecule has 0 radical (unpaired) electrons. The van der Waals surface area contributed by atoms with Crippen molar-refractivity contribution in [1.29, 1.82) is 0 Å². The molecule has 2 heterocycles. The molecule has 0 saturated heterocycles. The van der Waals surface area contributed by atoms with Crippen LogP contribution in [-0.4, -0.2) is 6.71 Å². The number of rotatable bonds is 17. The van der Waals surface area contributed by atoms with Gasteiger partial charge in [0, 0.05) is 34.1 Å². The predicted octanol–water partition coefficient (Wildman–Crippen LogP) is 12.8. The zero-order valence-corrected chi connectivity index (χ0v) is 34.2. The summed E-state index contributed by atoms with van der Waals surface area (Å²) < 4.78 is 0. The van der Waals surface area contributed by atoms with Crippen LogP contribution in [0, 0.1) is 6.92 Å². The van der Waals surface area contributed by atoms with Crippen LogP contribution in [0.3, 0.4) is 0 Å². The first-order valence-electron chi connectivity index (χ1n) is 21.7. The number of hydrogen-bond donors (Lipinski definition) is 0. The zero-order chi connectivity index (χ0) is 37.6. The molecule has 5 aromatic rings. The van der Waals surface area contributed by atoms with Crippen molar-refractivity contribution in [1.82, 2.24) is 0 Å². The molecule has 280 valence electrons. The fourth-order valence-electron chi connectivity index (χ4n) is 8.97. The van der Waals surface area contributed by atoms with Gasteiger partial charge in [0.15, 0.2) is 0 Å². The summed E-state index contributed by atoms with van der Waals surface area (Å²) in [4.78, 5) is 5.27. The Labute approximate surface area is 328 Å². The van der Waals surface area contributed by atoms with Crippen LogP contribution in [0.15, 0.2) is 91.0 Å². The quantitative estimate of drug-likeness (QED) is 0.0867. The van der Waals surface area contributed by atoms with Crippen molar-refractivity contribution in [2.75, 3.05) is 9.80 Å². The average molecular weight is 715 g/mol. The normalized spacial score (nSPS) is 12.9. The molecule has 2 aliphatic rings. The first-order valence-corrected chi connectivity index (χ1v) is 21.7. The van der Waals surface area contributed by atoms with Crippen LogP contribution in [0.5, 0.6) is 0 Å². The van der Waals surface area contributed by atoms with Crippen LogP contribution in [-0.2, 0) is 32.1 Å². The van der Waals surface area contributed by atoms with Crippen molar-refractivity contribution in [2.24, 2.45) is 0 Å². The lowest BCUT2D eigenvalue weighted by atomic mass is 9.33. The zero-order valence-electron chi connectivity index (χ0n) is 34.2. The molecule has 2 nitrogen and oxygen atoms in total. The van der Waals surface area contributed by atoms with Gasteiger partial charge in [0.05, 0.1) is 0 Å². The molecule has 0 unspecified atom stereocenters. The molecule has 2 aliphatic heterocycles. The van der Waals surface area contributed by atoms with Gasteiger partial charge in [0.1, 0.15) is 0 Å². The van der Waals surface area contributed by atoms with E-state index < -0.39 is 0 Å². The second-order valence-electron chi connectivity index (χ2n) is 16.3. The summed E-state index contributed by atoms with van der Waals surface area (Å²) in [6, 6.07) is 36.9. The van der Waals surface area contributed by atoms with E-state index >= 15 is 0 Å². The van der Waals surface area contributed by atoms with Gasteiger partial charge in [-0.15, -0.1) is 0 Å². The van der Waals surface area contributed by atoms with E-state index in [4.69, 9.17) is 0 Å². The fourth-order valence-corrected chi connectivity index (χ4v) is 8.97. The van der Waals surface area contributed by atoms with Crippen molar-refractivity contribution in [3.05, 3.63) is 124 Å². The molecule has 7 rings (SSSR count). The maximum Gasteiger partial charge on any atom is 0.252 e. The van der Waals surface area contributed by atoms with E-state index in [1.54, 1.807) is 0 Å². The molecule has 0 saturated carbocycles. The van der Waals surface area contributed by atoms with Crippen molar-refractivity contribution in [3.8, 4) is 0 Å². The Balaban J connectivity index is 1.49. The number of benzene rings is 5. The molecule has 54 heavy (non-hydrogen) atoms. The van der Waals surface area contributed by atoms with Crippen LogP contribution in [0.4, 0.5) is 34.1 Å². The molecule has 3 heteroatoms. The number of nitrogens with zero attached hydrogens (tertiary/aromatic N) is 2. The van der Waals surface area contributed by atoms with Crippen LogP contribution >= 0.6 is 0 Å². The van der Waals surface area contributed by atoms with Crippen molar-refractivity contribution < 1.29 is 0 Å². The van der Waals surface area contributed by atoms with Gasteiger partial charge in [0.2, 0.25) is 0 Å². The van der Waals surface area contributed by atoms with E-state index in [0.717, 1.165) is 32.1 Å². The smallest absolute Gasteiger partial charge is 0.252 e. The van der Waals surface area contributed by atoms with Crippen molar-refractivity contribution >= 4 is 57.2 Å². The van der Waals surface area contributed by atoms with Crippen LogP contribution in [0.25, 0.3) is 0 Å². The maximum atomic E-state index is 2.68. The largest absolute Gasteiger partial charge is 0.311 e. The maximum absolute atomic E-state index is 2.68. The van der Waals surface area contributed by atoms with Crippen molar-refractivity contribution in [2.45, 2.75) is 138 Å². The summed E-state index contributed by atoms with van der Waals surface area (Å²) in [6.45, 7) is 14.0.